The molecule has 2 atom stereocenters. The first kappa shape index (κ1) is 12.5. The lowest BCUT2D eigenvalue weighted by molar-refractivity contribution is -0.0975. The van der Waals surface area contributed by atoms with Gasteiger partial charge in [0.1, 0.15) is 0 Å². The molecule has 0 amide bonds. The van der Waals surface area contributed by atoms with Crippen LogP contribution in [-0.4, -0.2) is 29.0 Å². The van der Waals surface area contributed by atoms with Crippen LogP contribution in [0.3, 0.4) is 0 Å². The Bertz CT molecular complexity index is 576. The minimum absolute atomic E-state index is 0.182. The van der Waals surface area contributed by atoms with Crippen LogP contribution < -0.4 is 5.32 Å². The lowest BCUT2D eigenvalue weighted by Gasteiger charge is -2.52. The molecule has 2 unspecified atom stereocenters. The van der Waals surface area contributed by atoms with Gasteiger partial charge in [-0.3, -0.25) is 5.10 Å². The van der Waals surface area contributed by atoms with E-state index in [4.69, 9.17) is 4.74 Å². The van der Waals surface area contributed by atoms with E-state index in [2.05, 4.69) is 54.5 Å². The molecule has 0 saturated heterocycles. The number of aromatic amines is 1. The van der Waals surface area contributed by atoms with Crippen LogP contribution in [0.2, 0.25) is 0 Å². The summed E-state index contributed by atoms with van der Waals surface area (Å²) in [6.45, 7) is 7.39. The van der Waals surface area contributed by atoms with E-state index in [9.17, 15) is 0 Å². The summed E-state index contributed by atoms with van der Waals surface area (Å²) >= 11 is 0. The zero-order chi connectivity index (χ0) is 13.5. The highest BCUT2D eigenvalue weighted by atomic mass is 16.5. The van der Waals surface area contributed by atoms with Crippen LogP contribution >= 0.6 is 0 Å². The average molecular weight is 259 g/mol. The van der Waals surface area contributed by atoms with Crippen molar-refractivity contribution in [3.63, 3.8) is 0 Å². The molecule has 1 aliphatic rings. The number of anilines is 1. The van der Waals surface area contributed by atoms with Gasteiger partial charge in [0.25, 0.3) is 0 Å². The minimum Gasteiger partial charge on any atom is -0.382 e. The third-order valence-electron chi connectivity index (χ3n) is 4.33. The maximum atomic E-state index is 5.76. The smallest absolute Gasteiger partial charge is 0.0665 e. The summed E-state index contributed by atoms with van der Waals surface area (Å²) in [5.41, 5.74) is 2.41. The van der Waals surface area contributed by atoms with Gasteiger partial charge in [0.2, 0.25) is 0 Å². The highest BCUT2D eigenvalue weighted by Crippen LogP contribution is 2.44. The summed E-state index contributed by atoms with van der Waals surface area (Å²) in [6.07, 6.45) is 3.30. The van der Waals surface area contributed by atoms with E-state index in [-0.39, 0.29) is 5.41 Å². The van der Waals surface area contributed by atoms with Crippen molar-refractivity contribution in [1.29, 1.82) is 0 Å². The monoisotopic (exact) mass is 259 g/mol. The molecule has 0 aliphatic heterocycles. The normalized spacial score (nSPS) is 25.2. The second kappa shape index (κ2) is 4.53. The third-order valence-corrected chi connectivity index (χ3v) is 4.33. The number of fused-ring (bicyclic) bond motifs is 1. The van der Waals surface area contributed by atoms with Crippen LogP contribution in [-0.2, 0) is 4.74 Å². The van der Waals surface area contributed by atoms with Crippen molar-refractivity contribution in [3.8, 4) is 0 Å². The van der Waals surface area contributed by atoms with Crippen molar-refractivity contribution in [2.24, 2.45) is 5.41 Å². The van der Waals surface area contributed by atoms with E-state index in [1.54, 1.807) is 0 Å². The summed E-state index contributed by atoms with van der Waals surface area (Å²) in [7, 11) is 0. The van der Waals surface area contributed by atoms with Crippen molar-refractivity contribution < 1.29 is 4.74 Å². The molecule has 1 aromatic heterocycles. The second-order valence-electron chi connectivity index (χ2n) is 5.87. The molecule has 102 valence electrons. The van der Waals surface area contributed by atoms with Crippen LogP contribution in [0.15, 0.2) is 24.4 Å². The number of hydrogen-bond donors (Lipinski definition) is 2. The summed E-state index contributed by atoms with van der Waals surface area (Å²) in [4.78, 5) is 0. The highest BCUT2D eigenvalue weighted by molar-refractivity contribution is 5.81. The van der Waals surface area contributed by atoms with Gasteiger partial charge in [-0.15, -0.1) is 0 Å². The largest absolute Gasteiger partial charge is 0.382 e. The fourth-order valence-corrected chi connectivity index (χ4v) is 2.85. The Morgan fingerprint density at radius 3 is 3.05 bits per heavy atom. The van der Waals surface area contributed by atoms with Gasteiger partial charge in [-0.1, -0.05) is 13.8 Å². The number of H-pyrrole nitrogens is 1. The fourth-order valence-electron chi connectivity index (χ4n) is 2.85. The predicted molar refractivity (Wildman–Crippen MR) is 77.3 cm³/mol. The van der Waals surface area contributed by atoms with Crippen LogP contribution in [0, 0.1) is 5.41 Å². The van der Waals surface area contributed by atoms with Gasteiger partial charge < -0.3 is 10.1 Å². The summed E-state index contributed by atoms with van der Waals surface area (Å²) < 4.78 is 5.76. The molecule has 2 aromatic rings. The number of hydrogen-bond acceptors (Lipinski definition) is 3. The molecular weight excluding hydrogens is 238 g/mol. The van der Waals surface area contributed by atoms with E-state index < -0.39 is 0 Å². The zero-order valence-corrected chi connectivity index (χ0v) is 11.7. The molecule has 1 fully saturated rings. The lowest BCUT2D eigenvalue weighted by atomic mass is 9.64. The Labute approximate surface area is 113 Å². The van der Waals surface area contributed by atoms with Gasteiger partial charge in [0.15, 0.2) is 0 Å². The lowest BCUT2D eigenvalue weighted by Crippen LogP contribution is -2.58. The fraction of sp³-hybridized carbons (Fsp3) is 0.533. The van der Waals surface area contributed by atoms with Crippen molar-refractivity contribution >= 4 is 16.6 Å². The van der Waals surface area contributed by atoms with E-state index in [0.717, 1.165) is 29.6 Å². The number of nitrogens with one attached hydrogen (secondary N) is 2. The van der Waals surface area contributed by atoms with Gasteiger partial charge in [-0.2, -0.15) is 5.10 Å². The van der Waals surface area contributed by atoms with E-state index in [0.29, 0.717) is 12.1 Å². The van der Waals surface area contributed by atoms with Crippen molar-refractivity contribution in [2.45, 2.75) is 39.3 Å². The van der Waals surface area contributed by atoms with Crippen LogP contribution in [0.4, 0.5) is 5.69 Å². The van der Waals surface area contributed by atoms with Crippen LogP contribution in [0.25, 0.3) is 10.9 Å². The maximum absolute atomic E-state index is 5.76. The zero-order valence-electron chi connectivity index (χ0n) is 11.7. The SMILES string of the molecule is CCOC1CC(Nc2ccc3[nH]ncc3c2)C1(C)C. The van der Waals surface area contributed by atoms with Crippen LogP contribution in [0.1, 0.15) is 27.2 Å². The van der Waals surface area contributed by atoms with Gasteiger partial charge in [0, 0.05) is 29.1 Å². The molecule has 2 N–H and O–H groups in total. The predicted octanol–water partition coefficient (Wildman–Crippen LogP) is 3.18. The molecular formula is C15H21N3O. The first-order chi connectivity index (χ1) is 9.11. The quantitative estimate of drug-likeness (QED) is 0.886. The van der Waals surface area contributed by atoms with Crippen molar-refractivity contribution in [2.75, 3.05) is 11.9 Å². The molecule has 1 aromatic carbocycles. The molecule has 4 nitrogen and oxygen atoms in total. The average Bonchev–Trinajstić information content (AvgIpc) is 2.85. The maximum Gasteiger partial charge on any atom is 0.0665 e. The summed E-state index contributed by atoms with van der Waals surface area (Å²) in [5.74, 6) is 0. The number of nitrogens with zero attached hydrogens (tertiary/aromatic N) is 1. The summed E-state index contributed by atoms with van der Waals surface area (Å²) in [5, 5.41) is 11.8. The number of rotatable bonds is 4. The molecule has 1 saturated carbocycles. The Morgan fingerprint density at radius 1 is 1.47 bits per heavy atom. The van der Waals surface area contributed by atoms with E-state index in [1.807, 2.05) is 6.20 Å². The minimum atomic E-state index is 0.182. The molecule has 0 bridgehead atoms. The van der Waals surface area contributed by atoms with Gasteiger partial charge in [-0.25, -0.2) is 0 Å². The first-order valence-corrected chi connectivity index (χ1v) is 6.92. The van der Waals surface area contributed by atoms with Crippen molar-refractivity contribution in [3.05, 3.63) is 24.4 Å². The molecule has 4 heteroatoms. The first-order valence-electron chi connectivity index (χ1n) is 6.92. The molecule has 1 aliphatic carbocycles. The Morgan fingerprint density at radius 2 is 2.32 bits per heavy atom. The molecule has 19 heavy (non-hydrogen) atoms. The molecule has 3 rings (SSSR count). The topological polar surface area (TPSA) is 49.9 Å². The Balaban J connectivity index is 1.72. The molecule has 0 spiro atoms. The highest BCUT2D eigenvalue weighted by Gasteiger charge is 2.48. The second-order valence-corrected chi connectivity index (χ2v) is 5.87. The number of ether oxygens (including phenoxy) is 1. The third kappa shape index (κ3) is 2.10. The van der Waals surface area contributed by atoms with Crippen LogP contribution in [0.5, 0.6) is 0 Å². The van der Waals surface area contributed by atoms with Gasteiger partial charge >= 0.3 is 0 Å². The van der Waals surface area contributed by atoms with Gasteiger partial charge in [0.05, 0.1) is 17.8 Å². The standard InChI is InChI=1S/C15H21N3O/c1-4-19-14-8-13(15(14,2)3)17-11-5-6-12-10(7-11)9-16-18-12/h5-7,9,13-14,17H,4,8H2,1-3H3,(H,16,18). The Hall–Kier alpha value is -1.55. The van der Waals surface area contributed by atoms with Gasteiger partial charge in [-0.05, 0) is 31.5 Å². The molecule has 0 radical (unpaired) electrons. The van der Waals surface area contributed by atoms with E-state index in [1.165, 1.54) is 0 Å². The number of benzene rings is 1. The Kier molecular flexibility index (Phi) is 2.97. The summed E-state index contributed by atoms with van der Waals surface area (Å²) in [6, 6.07) is 6.78. The van der Waals surface area contributed by atoms with E-state index >= 15 is 0 Å². The number of aromatic nitrogens is 2. The van der Waals surface area contributed by atoms with Crippen molar-refractivity contribution in [1.82, 2.24) is 10.2 Å². The molecule has 1 heterocycles.